The number of hydrogen-bond donors (Lipinski definition) is 3. The molecule has 35 heavy (non-hydrogen) atoms. The second-order valence-electron chi connectivity index (χ2n) is 7.96. The summed E-state index contributed by atoms with van der Waals surface area (Å²) < 4.78 is 33.6. The molecule has 2 heterocycles. The largest absolute Gasteiger partial charge is 0.490 e. The van der Waals surface area contributed by atoms with Gasteiger partial charge in [0.2, 0.25) is 0 Å². The number of carbonyl (C=O) groups is 2. The van der Waals surface area contributed by atoms with E-state index in [9.17, 15) is 22.8 Å². The normalized spacial score (nSPS) is 14.9. The van der Waals surface area contributed by atoms with E-state index in [-0.39, 0.29) is 17.6 Å². The minimum absolute atomic E-state index is 0.0325. The van der Waals surface area contributed by atoms with Crippen LogP contribution in [0.2, 0.25) is 5.02 Å². The highest BCUT2D eigenvalue weighted by Gasteiger charge is 2.38. The lowest BCUT2D eigenvalue weighted by Gasteiger charge is -2.32. The molecule has 12 heteroatoms. The molecule has 1 aliphatic rings. The number of H-pyrrole nitrogens is 1. The lowest BCUT2D eigenvalue weighted by Crippen LogP contribution is -2.41. The minimum Gasteiger partial charge on any atom is -0.475 e. The molecule has 0 atom stereocenters. The maximum Gasteiger partial charge on any atom is 0.490 e. The fourth-order valence-electron chi connectivity index (χ4n) is 3.87. The number of benzene rings is 2. The number of fused-ring (bicyclic) bond motifs is 1. The van der Waals surface area contributed by atoms with E-state index in [0.717, 1.165) is 43.5 Å². The van der Waals surface area contributed by atoms with Gasteiger partial charge in [0.15, 0.2) is 0 Å². The van der Waals surface area contributed by atoms with Gasteiger partial charge in [-0.2, -0.15) is 13.2 Å². The van der Waals surface area contributed by atoms with Gasteiger partial charge in [-0.15, -0.1) is 0 Å². The van der Waals surface area contributed by atoms with E-state index >= 15 is 0 Å². The predicted molar refractivity (Wildman–Crippen MR) is 125 cm³/mol. The third kappa shape index (κ3) is 7.09. The van der Waals surface area contributed by atoms with Crippen LogP contribution in [0, 0.1) is 0 Å². The van der Waals surface area contributed by atoms with Crippen molar-refractivity contribution in [3.8, 4) is 0 Å². The number of piperidine rings is 1. The topological polar surface area (TPSA) is 107 Å². The molecule has 0 spiro atoms. The Balaban J connectivity index is 0.000000429. The fraction of sp³-hybridized carbons (Fsp3) is 0.348. The van der Waals surface area contributed by atoms with Crippen molar-refractivity contribution in [2.45, 2.75) is 25.1 Å². The van der Waals surface area contributed by atoms with E-state index in [2.05, 4.69) is 15.2 Å². The molecule has 0 unspecified atom stereocenters. The maximum absolute atomic E-state index is 12.4. The summed E-state index contributed by atoms with van der Waals surface area (Å²) in [7, 11) is 0. The Kier molecular flexibility index (Phi) is 8.57. The number of hydrogen-bond acceptors (Lipinski definition) is 4. The summed E-state index contributed by atoms with van der Waals surface area (Å²) in [5.41, 5.74) is 2.44. The van der Waals surface area contributed by atoms with E-state index in [1.165, 1.54) is 0 Å². The third-order valence-electron chi connectivity index (χ3n) is 5.61. The smallest absolute Gasteiger partial charge is 0.475 e. The van der Waals surface area contributed by atoms with E-state index < -0.39 is 12.1 Å². The van der Waals surface area contributed by atoms with E-state index in [4.69, 9.17) is 21.5 Å². The zero-order valence-corrected chi connectivity index (χ0v) is 19.3. The van der Waals surface area contributed by atoms with Crippen molar-refractivity contribution < 1.29 is 27.9 Å². The number of halogens is 4. The van der Waals surface area contributed by atoms with Crippen molar-refractivity contribution in [2.24, 2.45) is 0 Å². The minimum atomic E-state index is -5.08. The number of para-hydroxylation sites is 2. The Bertz CT molecular complexity index is 1220. The van der Waals surface area contributed by atoms with Gasteiger partial charge in [-0.25, -0.2) is 9.59 Å². The van der Waals surface area contributed by atoms with Crippen molar-refractivity contribution in [1.29, 1.82) is 0 Å². The standard InChI is InChI=1S/C21H23ClN4O2.C2HF3O2/c22-16-7-5-15(6-8-16)20(27)23-11-14-25-12-9-17(10-13-25)26-19-4-2-1-3-18(19)24-21(26)28;3-2(4,5)1(6)7/h1-8,17H,9-14H2,(H,23,27)(H,24,28);(H,6,7). The summed E-state index contributed by atoms with van der Waals surface area (Å²) in [4.78, 5) is 38.7. The van der Waals surface area contributed by atoms with Crippen LogP contribution in [0.3, 0.4) is 0 Å². The molecule has 0 saturated carbocycles. The Morgan fingerprint density at radius 1 is 1.09 bits per heavy atom. The number of amides is 1. The molecule has 1 aliphatic heterocycles. The number of aromatic amines is 1. The van der Waals surface area contributed by atoms with Gasteiger partial charge in [-0.1, -0.05) is 23.7 Å². The molecule has 0 aliphatic carbocycles. The van der Waals surface area contributed by atoms with Crippen molar-refractivity contribution in [3.05, 3.63) is 69.6 Å². The number of carbonyl (C=O) groups excluding carboxylic acids is 1. The van der Waals surface area contributed by atoms with Crippen LogP contribution in [-0.2, 0) is 4.79 Å². The van der Waals surface area contributed by atoms with Gasteiger partial charge in [0, 0.05) is 42.8 Å². The van der Waals surface area contributed by atoms with Crippen LogP contribution in [0.1, 0.15) is 29.2 Å². The SMILES string of the molecule is O=C(NCCN1CCC(n2c(=O)[nH]c3ccccc32)CC1)c1ccc(Cl)cc1.O=C(O)C(F)(F)F. The highest BCUT2D eigenvalue weighted by molar-refractivity contribution is 6.30. The van der Waals surface area contributed by atoms with Crippen molar-refractivity contribution >= 4 is 34.5 Å². The first-order chi connectivity index (χ1) is 16.6. The first kappa shape index (κ1) is 26.3. The molecule has 1 aromatic heterocycles. The Labute approximate surface area is 203 Å². The lowest BCUT2D eigenvalue weighted by molar-refractivity contribution is -0.192. The average molecular weight is 513 g/mol. The number of carboxylic acid groups (broad SMARTS) is 1. The van der Waals surface area contributed by atoms with Gasteiger partial charge in [0.1, 0.15) is 0 Å². The summed E-state index contributed by atoms with van der Waals surface area (Å²) in [5.74, 6) is -2.84. The van der Waals surface area contributed by atoms with Gasteiger partial charge in [-0.3, -0.25) is 9.36 Å². The number of carboxylic acids is 1. The zero-order chi connectivity index (χ0) is 25.6. The number of imidazole rings is 1. The number of aromatic nitrogens is 2. The van der Waals surface area contributed by atoms with Crippen LogP contribution in [-0.4, -0.2) is 63.8 Å². The Hall–Kier alpha value is -3.31. The molecule has 3 N–H and O–H groups in total. The summed E-state index contributed by atoms with van der Waals surface area (Å²) in [6.07, 6.45) is -3.24. The molecule has 4 rings (SSSR count). The maximum atomic E-state index is 12.4. The van der Waals surface area contributed by atoms with Crippen LogP contribution in [0.25, 0.3) is 11.0 Å². The van der Waals surface area contributed by atoms with Gasteiger partial charge >= 0.3 is 17.8 Å². The summed E-state index contributed by atoms with van der Waals surface area (Å²) in [6.45, 7) is 3.22. The highest BCUT2D eigenvalue weighted by Crippen LogP contribution is 2.24. The molecule has 1 fully saturated rings. The number of nitrogens with zero attached hydrogens (tertiary/aromatic N) is 2. The van der Waals surface area contributed by atoms with Gasteiger partial charge < -0.3 is 20.3 Å². The molecule has 188 valence electrons. The van der Waals surface area contributed by atoms with Crippen LogP contribution >= 0.6 is 11.6 Å². The lowest BCUT2D eigenvalue weighted by atomic mass is 10.0. The van der Waals surface area contributed by atoms with Crippen molar-refractivity contribution in [2.75, 3.05) is 26.2 Å². The second kappa shape index (κ2) is 11.4. The number of aliphatic carboxylic acids is 1. The van der Waals surface area contributed by atoms with Gasteiger partial charge in [0.05, 0.1) is 11.0 Å². The zero-order valence-electron chi connectivity index (χ0n) is 18.5. The second-order valence-corrected chi connectivity index (χ2v) is 8.39. The highest BCUT2D eigenvalue weighted by atomic mass is 35.5. The van der Waals surface area contributed by atoms with E-state index in [1.807, 2.05) is 28.8 Å². The van der Waals surface area contributed by atoms with Gasteiger partial charge in [-0.05, 0) is 49.2 Å². The number of nitrogens with one attached hydrogen (secondary N) is 2. The van der Waals surface area contributed by atoms with Crippen LogP contribution < -0.4 is 11.0 Å². The van der Waals surface area contributed by atoms with Crippen LogP contribution in [0.15, 0.2) is 53.3 Å². The molecule has 1 saturated heterocycles. The average Bonchev–Trinajstić information content (AvgIpc) is 3.15. The first-order valence-corrected chi connectivity index (χ1v) is 11.2. The third-order valence-corrected chi connectivity index (χ3v) is 5.86. The summed E-state index contributed by atoms with van der Waals surface area (Å²) in [5, 5.41) is 10.7. The van der Waals surface area contributed by atoms with Crippen molar-refractivity contribution in [3.63, 3.8) is 0 Å². The molecule has 3 aromatic rings. The fourth-order valence-corrected chi connectivity index (χ4v) is 3.99. The van der Waals surface area contributed by atoms with Crippen LogP contribution in [0.5, 0.6) is 0 Å². The van der Waals surface area contributed by atoms with E-state index in [0.29, 0.717) is 17.1 Å². The predicted octanol–water partition coefficient (Wildman–Crippen LogP) is 3.68. The van der Waals surface area contributed by atoms with Gasteiger partial charge in [0.25, 0.3) is 5.91 Å². The molecule has 0 bridgehead atoms. The number of rotatable bonds is 5. The molecule has 8 nitrogen and oxygen atoms in total. The summed E-state index contributed by atoms with van der Waals surface area (Å²) in [6, 6.07) is 14.9. The first-order valence-electron chi connectivity index (χ1n) is 10.8. The quantitative estimate of drug-likeness (QED) is 0.483. The number of likely N-dealkylation sites (tertiary alicyclic amines) is 1. The molecule has 0 radical (unpaired) electrons. The molecular formula is C23H24ClF3N4O4. The molecule has 1 amide bonds. The molecule has 2 aromatic carbocycles. The Morgan fingerprint density at radius 3 is 2.29 bits per heavy atom. The Morgan fingerprint density at radius 2 is 1.69 bits per heavy atom. The van der Waals surface area contributed by atoms with E-state index in [1.54, 1.807) is 24.3 Å². The molecular weight excluding hydrogens is 489 g/mol. The number of alkyl halides is 3. The summed E-state index contributed by atoms with van der Waals surface area (Å²) >= 11 is 5.85. The van der Waals surface area contributed by atoms with Crippen molar-refractivity contribution in [1.82, 2.24) is 19.8 Å². The monoisotopic (exact) mass is 512 g/mol. The van der Waals surface area contributed by atoms with Crippen LogP contribution in [0.4, 0.5) is 13.2 Å².